The number of nitriles is 1. The van der Waals surface area contributed by atoms with Crippen LogP contribution in [0.2, 0.25) is 0 Å². The molecule has 144 valence electrons. The van der Waals surface area contributed by atoms with Crippen LogP contribution < -0.4 is 35.3 Å². The average molecular weight is 396 g/mol. The van der Waals surface area contributed by atoms with E-state index in [1.165, 1.54) is 10.9 Å². The third kappa shape index (κ3) is 4.62. The Morgan fingerprint density at radius 3 is 2.68 bits per heavy atom. The van der Waals surface area contributed by atoms with Crippen LogP contribution >= 0.6 is 0 Å². The zero-order valence-electron chi connectivity index (χ0n) is 16.5. The third-order valence-electron chi connectivity index (χ3n) is 4.28. The maximum absolute atomic E-state index is 10.2. The first kappa shape index (κ1) is 22.5. The molecule has 0 saturated carbocycles. The van der Waals surface area contributed by atoms with Gasteiger partial charge in [-0.25, -0.2) is 15.0 Å². The van der Waals surface area contributed by atoms with Crippen LogP contribution in [-0.4, -0.2) is 59.8 Å². The summed E-state index contributed by atoms with van der Waals surface area (Å²) in [6.07, 6.45) is -0.288. The summed E-state index contributed by atoms with van der Waals surface area (Å²) in [5.74, 6) is 6.12. The van der Waals surface area contributed by atoms with Crippen LogP contribution in [0, 0.1) is 23.2 Å². The van der Waals surface area contributed by atoms with Crippen molar-refractivity contribution in [2.45, 2.75) is 50.2 Å². The molecule has 3 rings (SSSR count). The van der Waals surface area contributed by atoms with Gasteiger partial charge < -0.3 is 27.2 Å². The van der Waals surface area contributed by atoms with Crippen molar-refractivity contribution in [3.8, 4) is 17.9 Å². The number of nitrogen functional groups attached to an aromatic ring is 1. The number of hydrogen-bond acceptors (Lipinski definition) is 9. The van der Waals surface area contributed by atoms with Crippen LogP contribution in [0.25, 0.3) is 11.2 Å². The number of ether oxygens (including phenoxy) is 1. The number of aromatic nitrogens is 4. The summed E-state index contributed by atoms with van der Waals surface area (Å²) in [5.41, 5.74) is 6.57. The minimum Gasteiger partial charge on any atom is -1.00 e. The van der Waals surface area contributed by atoms with Gasteiger partial charge in [0.15, 0.2) is 17.7 Å². The Morgan fingerprint density at radius 1 is 1.25 bits per heavy atom. The molecule has 2 unspecified atom stereocenters. The molecule has 5 N–H and O–H groups in total. The second kappa shape index (κ2) is 10.1. The van der Waals surface area contributed by atoms with E-state index in [2.05, 4.69) is 32.9 Å². The van der Waals surface area contributed by atoms with Gasteiger partial charge in [-0.15, -0.1) is 0 Å². The minimum atomic E-state index is -1.26. The van der Waals surface area contributed by atoms with Crippen LogP contribution in [0.1, 0.15) is 39.2 Å². The quantitative estimate of drug-likeness (QED) is 0.229. The number of aliphatic hydroxyl groups is 3. The van der Waals surface area contributed by atoms with Crippen molar-refractivity contribution in [3.05, 3.63) is 12.2 Å². The van der Waals surface area contributed by atoms with E-state index in [9.17, 15) is 15.3 Å². The predicted molar refractivity (Wildman–Crippen MR) is 94.8 cm³/mol. The first-order valence-corrected chi connectivity index (χ1v) is 8.55. The van der Waals surface area contributed by atoms with Crippen LogP contribution in [0.15, 0.2) is 6.33 Å². The maximum Gasteiger partial charge on any atom is 1.00 e. The van der Waals surface area contributed by atoms with E-state index in [0.29, 0.717) is 24.0 Å². The first-order valence-electron chi connectivity index (χ1n) is 8.55. The van der Waals surface area contributed by atoms with E-state index in [1.54, 1.807) is 0 Å². The van der Waals surface area contributed by atoms with E-state index >= 15 is 0 Å². The largest absolute Gasteiger partial charge is 1.00 e. The number of anilines is 1. The Bertz CT molecular complexity index is 924. The summed E-state index contributed by atoms with van der Waals surface area (Å²) in [5, 5.41) is 37.9. The van der Waals surface area contributed by atoms with Crippen LogP contribution in [0.3, 0.4) is 0 Å². The van der Waals surface area contributed by atoms with E-state index < -0.39 is 31.1 Å². The molecule has 11 heteroatoms. The molecule has 1 aliphatic rings. The zero-order chi connectivity index (χ0) is 19.4. The van der Waals surface area contributed by atoms with E-state index in [-0.39, 0.29) is 42.6 Å². The second-order valence-corrected chi connectivity index (χ2v) is 6.15. The molecule has 0 aromatic carbocycles. The topological polar surface area (TPSA) is 163 Å². The van der Waals surface area contributed by atoms with E-state index in [1.807, 2.05) is 0 Å². The SMILES string of the molecule is N#CCCCCC#Cc1nc(N)c2ncn([C@@H]3O[C@H](CO)C(O)C3O)c2n1.[H-].[Na+]. The molecule has 2 aromatic rings. The summed E-state index contributed by atoms with van der Waals surface area (Å²) in [6, 6.07) is 2.08. The van der Waals surface area contributed by atoms with Crippen molar-refractivity contribution in [3.63, 3.8) is 0 Å². The van der Waals surface area contributed by atoms with Gasteiger partial charge in [-0.05, 0) is 18.8 Å². The summed E-state index contributed by atoms with van der Waals surface area (Å²) in [6.45, 7) is -0.430. The fraction of sp³-hybridized carbons (Fsp3) is 0.529. The van der Waals surface area contributed by atoms with Crippen molar-refractivity contribution in [1.29, 1.82) is 5.26 Å². The molecular weight excluding hydrogens is 375 g/mol. The number of nitrogens with zero attached hydrogens (tertiary/aromatic N) is 5. The number of aliphatic hydroxyl groups excluding tert-OH is 3. The molecule has 4 atom stereocenters. The molecule has 0 amide bonds. The van der Waals surface area contributed by atoms with Crippen LogP contribution in [0.5, 0.6) is 0 Å². The van der Waals surface area contributed by atoms with Gasteiger partial charge in [-0.1, -0.05) is 5.92 Å². The maximum atomic E-state index is 10.2. The van der Waals surface area contributed by atoms with Gasteiger partial charge in [-0.2, -0.15) is 5.26 Å². The summed E-state index contributed by atoms with van der Waals surface area (Å²) < 4.78 is 6.95. The molecule has 1 saturated heterocycles. The molecule has 1 aliphatic heterocycles. The van der Waals surface area contributed by atoms with E-state index in [4.69, 9.17) is 15.7 Å². The second-order valence-electron chi connectivity index (χ2n) is 6.15. The monoisotopic (exact) mass is 396 g/mol. The standard InChI is InChI=1S/C17H20N6O4.Na.H/c18-7-5-3-1-2-4-6-11-21-15(19)12-16(22-11)23(9-20-12)17-14(26)13(25)10(8-24)27-17;;/h9-10,13-14,17,24-26H,1-3,5,8H2,(H2,19,21,22);;/q;+1;-1/t10-,13?,14?,17-;;/m1../s1. The van der Waals surface area contributed by atoms with Gasteiger partial charge >= 0.3 is 29.6 Å². The molecule has 0 spiro atoms. The first-order chi connectivity index (χ1) is 13.1. The molecule has 0 bridgehead atoms. The predicted octanol–water partition coefficient (Wildman–Crippen LogP) is -3.43. The summed E-state index contributed by atoms with van der Waals surface area (Å²) in [4.78, 5) is 12.6. The number of hydrogen-bond donors (Lipinski definition) is 4. The Morgan fingerprint density at radius 2 is 2.00 bits per heavy atom. The van der Waals surface area contributed by atoms with Crippen molar-refractivity contribution < 1.29 is 51.0 Å². The molecule has 10 nitrogen and oxygen atoms in total. The molecule has 1 fully saturated rings. The van der Waals surface area contributed by atoms with E-state index in [0.717, 1.165) is 12.8 Å². The Kier molecular flexibility index (Phi) is 8.16. The Balaban J connectivity index is 0.00000210. The van der Waals surface area contributed by atoms with Gasteiger partial charge in [0.25, 0.3) is 0 Å². The van der Waals surface area contributed by atoms with Crippen molar-refractivity contribution in [2.24, 2.45) is 0 Å². The molecule has 28 heavy (non-hydrogen) atoms. The normalized spacial score (nSPS) is 23.6. The molecule has 0 aliphatic carbocycles. The zero-order valence-corrected chi connectivity index (χ0v) is 17.5. The molecular formula is C17H21N6NaO4. The Hall–Kier alpha value is -1.76. The van der Waals surface area contributed by atoms with Crippen LogP contribution in [-0.2, 0) is 4.74 Å². The summed E-state index contributed by atoms with van der Waals surface area (Å²) >= 11 is 0. The van der Waals surface area contributed by atoms with Gasteiger partial charge in [0.1, 0.15) is 23.8 Å². The number of fused-ring (bicyclic) bond motifs is 1. The fourth-order valence-electron chi connectivity index (χ4n) is 2.85. The Labute approximate surface area is 185 Å². The van der Waals surface area contributed by atoms with Crippen molar-refractivity contribution in [1.82, 2.24) is 19.5 Å². The van der Waals surface area contributed by atoms with Gasteiger partial charge in [0.05, 0.1) is 19.0 Å². The number of rotatable bonds is 5. The fourth-order valence-corrected chi connectivity index (χ4v) is 2.85. The number of unbranched alkanes of at least 4 members (excludes halogenated alkanes) is 3. The number of imidazole rings is 1. The molecule has 3 heterocycles. The molecule has 2 aromatic heterocycles. The van der Waals surface area contributed by atoms with Gasteiger partial charge in [0, 0.05) is 12.8 Å². The summed E-state index contributed by atoms with van der Waals surface area (Å²) in [7, 11) is 0. The number of nitrogens with two attached hydrogens (primary N) is 1. The van der Waals surface area contributed by atoms with Gasteiger partial charge in [0.2, 0.25) is 5.82 Å². The van der Waals surface area contributed by atoms with Crippen LogP contribution in [0.4, 0.5) is 5.82 Å². The smallest absolute Gasteiger partial charge is 1.00 e. The molecule has 0 radical (unpaired) electrons. The van der Waals surface area contributed by atoms with Gasteiger partial charge in [-0.3, -0.25) is 4.57 Å². The van der Waals surface area contributed by atoms with Crippen molar-refractivity contribution >= 4 is 17.0 Å². The third-order valence-corrected chi connectivity index (χ3v) is 4.28. The average Bonchev–Trinajstić information content (AvgIpc) is 3.20. The van der Waals surface area contributed by atoms with Crippen molar-refractivity contribution in [2.75, 3.05) is 12.3 Å². The minimum absolute atomic E-state index is 0.